The van der Waals surface area contributed by atoms with Gasteiger partial charge in [0.05, 0.1) is 0 Å². The molecule has 0 rings (SSSR count). The van der Waals surface area contributed by atoms with Crippen molar-refractivity contribution >= 4 is 0 Å². The van der Waals surface area contributed by atoms with Gasteiger partial charge in [-0.05, 0) is 11.8 Å². The summed E-state index contributed by atoms with van der Waals surface area (Å²) in [6.07, 6.45) is 3.89. The minimum absolute atomic E-state index is 0.833. The molecule has 0 aliphatic heterocycles. The van der Waals surface area contributed by atoms with E-state index in [4.69, 9.17) is 0 Å². The Hall–Kier alpha value is 0. The zero-order chi connectivity index (χ0) is 15.3. The largest absolute Gasteiger partial charge is 0.0683 e. The molecule has 0 nitrogen and oxygen atoms in total. The topological polar surface area (TPSA) is 0 Å². The Morgan fingerprint density at radius 2 is 0.588 bits per heavy atom. The van der Waals surface area contributed by atoms with Crippen molar-refractivity contribution in [2.45, 2.75) is 102 Å². The first kappa shape index (κ1) is 30.2. The summed E-state index contributed by atoms with van der Waals surface area (Å²) in [5.74, 6) is 1.67. The first-order valence-corrected chi connectivity index (χ1v) is 7.79. The molecule has 0 aliphatic carbocycles. The maximum absolute atomic E-state index is 2.18. The van der Waals surface area contributed by atoms with Crippen LogP contribution >= 0.6 is 0 Å². The van der Waals surface area contributed by atoms with E-state index in [1.165, 1.54) is 19.3 Å². The maximum atomic E-state index is 2.18. The van der Waals surface area contributed by atoms with Gasteiger partial charge in [0.25, 0.3) is 0 Å². The Morgan fingerprint density at radius 3 is 0.588 bits per heavy atom. The van der Waals surface area contributed by atoms with Crippen molar-refractivity contribution in [1.29, 1.82) is 0 Å². The molecule has 0 N–H and O–H groups in total. The third-order valence-electron chi connectivity index (χ3n) is 0.500. The SMILES string of the molecule is CC.CC(C)C.CC(C)C.CCC.CCCC. The minimum atomic E-state index is 0.833. The van der Waals surface area contributed by atoms with Crippen LogP contribution in [0.25, 0.3) is 0 Å². The Morgan fingerprint density at radius 1 is 0.529 bits per heavy atom. The quantitative estimate of drug-likeness (QED) is 0.449. The molecule has 112 valence electrons. The van der Waals surface area contributed by atoms with Crippen molar-refractivity contribution in [3.8, 4) is 0 Å². The van der Waals surface area contributed by atoms with Crippen LogP contribution in [-0.4, -0.2) is 0 Å². The number of hydrogen-bond acceptors (Lipinski definition) is 0. The summed E-state index contributed by atoms with van der Waals surface area (Å²) in [6.45, 7) is 25.6. The monoisotopic (exact) mass is 248 g/mol. The molecule has 0 heterocycles. The van der Waals surface area contributed by atoms with Gasteiger partial charge in [0.15, 0.2) is 0 Å². The molecule has 0 radical (unpaired) electrons. The molecule has 0 bridgehead atoms. The molecule has 0 saturated carbocycles. The molecule has 17 heavy (non-hydrogen) atoms. The summed E-state index contributed by atoms with van der Waals surface area (Å²) in [5.41, 5.74) is 0. The van der Waals surface area contributed by atoms with Gasteiger partial charge in [-0.25, -0.2) is 0 Å². The predicted molar refractivity (Wildman–Crippen MR) is 88.9 cm³/mol. The standard InChI is InChI=1S/3C4H10.C3H8.C2H6/c2*1-4(2)3;1-3-4-2;1-3-2;1-2/h2*4H,1-3H3;3-4H2,1-2H3;3H2,1-2H3;1-2H3. The van der Waals surface area contributed by atoms with Crippen LogP contribution in [-0.2, 0) is 0 Å². The van der Waals surface area contributed by atoms with Crippen LogP contribution < -0.4 is 0 Å². The van der Waals surface area contributed by atoms with Gasteiger partial charge >= 0.3 is 0 Å². The summed E-state index contributed by atoms with van der Waals surface area (Å²) in [7, 11) is 0. The Bertz CT molecular complexity index is 39.5. The zero-order valence-electron chi connectivity index (χ0n) is 15.3. The van der Waals surface area contributed by atoms with Gasteiger partial charge in [-0.3, -0.25) is 0 Å². The van der Waals surface area contributed by atoms with Crippen molar-refractivity contribution in [1.82, 2.24) is 0 Å². The average molecular weight is 249 g/mol. The van der Waals surface area contributed by atoms with Gasteiger partial charge in [-0.2, -0.15) is 0 Å². The molecule has 0 heteroatoms. The molecule has 0 aromatic rings. The smallest absolute Gasteiger partial charge is 0.0500 e. The van der Waals surface area contributed by atoms with Crippen molar-refractivity contribution in [3.63, 3.8) is 0 Å². The lowest BCUT2D eigenvalue weighted by molar-refractivity contribution is 0.736. The van der Waals surface area contributed by atoms with E-state index in [9.17, 15) is 0 Å². The lowest BCUT2D eigenvalue weighted by Gasteiger charge is -1.79. The summed E-state index contributed by atoms with van der Waals surface area (Å²) in [5, 5.41) is 0. The van der Waals surface area contributed by atoms with E-state index in [0.29, 0.717) is 0 Å². The van der Waals surface area contributed by atoms with Crippen LogP contribution in [0.5, 0.6) is 0 Å². The van der Waals surface area contributed by atoms with Gasteiger partial charge in [0.2, 0.25) is 0 Å². The first-order valence-electron chi connectivity index (χ1n) is 7.79. The van der Waals surface area contributed by atoms with E-state index in [0.717, 1.165) is 11.8 Å². The van der Waals surface area contributed by atoms with Crippen LogP contribution in [0.1, 0.15) is 102 Å². The molecule has 0 aromatic heterocycles. The molecular weight excluding hydrogens is 204 g/mol. The molecule has 0 aromatic carbocycles. The van der Waals surface area contributed by atoms with Crippen LogP contribution in [0.2, 0.25) is 0 Å². The van der Waals surface area contributed by atoms with E-state index in [1.54, 1.807) is 0 Å². The van der Waals surface area contributed by atoms with Crippen LogP contribution in [0.15, 0.2) is 0 Å². The van der Waals surface area contributed by atoms with Gasteiger partial charge in [-0.1, -0.05) is 102 Å². The second-order valence-corrected chi connectivity index (χ2v) is 5.17. The molecule has 0 atom stereocenters. The Balaban J connectivity index is -0.0000000361. The fourth-order valence-corrected chi connectivity index (χ4v) is 0. The minimum Gasteiger partial charge on any atom is -0.0683 e. The van der Waals surface area contributed by atoms with Crippen molar-refractivity contribution in [3.05, 3.63) is 0 Å². The van der Waals surface area contributed by atoms with Gasteiger partial charge in [0.1, 0.15) is 0 Å². The van der Waals surface area contributed by atoms with Gasteiger partial charge < -0.3 is 0 Å². The van der Waals surface area contributed by atoms with Crippen LogP contribution in [0.4, 0.5) is 0 Å². The molecule has 0 spiro atoms. The van der Waals surface area contributed by atoms with Crippen LogP contribution in [0, 0.1) is 11.8 Å². The van der Waals surface area contributed by atoms with Crippen molar-refractivity contribution < 1.29 is 0 Å². The zero-order valence-corrected chi connectivity index (χ0v) is 15.3. The van der Waals surface area contributed by atoms with Crippen molar-refractivity contribution in [2.24, 2.45) is 11.8 Å². The molecule has 0 amide bonds. The van der Waals surface area contributed by atoms with Gasteiger partial charge in [-0.15, -0.1) is 0 Å². The summed E-state index contributed by atoms with van der Waals surface area (Å²) in [4.78, 5) is 0. The summed E-state index contributed by atoms with van der Waals surface area (Å²) < 4.78 is 0. The second kappa shape index (κ2) is 44.4. The second-order valence-electron chi connectivity index (χ2n) is 5.17. The van der Waals surface area contributed by atoms with Crippen LogP contribution in [0.3, 0.4) is 0 Å². The molecule has 0 fully saturated rings. The summed E-state index contributed by atoms with van der Waals surface area (Å²) in [6, 6.07) is 0. The third-order valence-corrected chi connectivity index (χ3v) is 0.500. The maximum Gasteiger partial charge on any atom is -0.0500 e. The normalized spacial score (nSPS) is 7.41. The average Bonchev–Trinajstić information content (AvgIpc) is 2.20. The third kappa shape index (κ3) is 3140. The lowest BCUT2D eigenvalue weighted by atomic mass is 10.3. The fraction of sp³-hybridized carbons (Fsp3) is 1.00. The molecule has 0 unspecified atom stereocenters. The predicted octanol–water partition coefficient (Wildman–Crippen LogP) is 7.57. The van der Waals surface area contributed by atoms with E-state index < -0.39 is 0 Å². The Kier molecular flexibility index (Phi) is 79.0. The highest BCUT2D eigenvalue weighted by Gasteiger charge is 1.68. The van der Waals surface area contributed by atoms with E-state index in [2.05, 4.69) is 69.2 Å². The number of rotatable bonds is 1. The molecule has 0 aliphatic rings. The lowest BCUT2D eigenvalue weighted by Crippen LogP contribution is -1.66. The highest BCUT2D eigenvalue weighted by atomic mass is 13.7. The van der Waals surface area contributed by atoms with E-state index in [1.807, 2.05) is 13.8 Å². The number of hydrogen-bond donors (Lipinski definition) is 0. The molecular formula is C17H44. The van der Waals surface area contributed by atoms with E-state index in [-0.39, 0.29) is 0 Å². The fourth-order valence-electron chi connectivity index (χ4n) is 0. The van der Waals surface area contributed by atoms with Crippen molar-refractivity contribution in [2.75, 3.05) is 0 Å². The highest BCUT2D eigenvalue weighted by molar-refractivity contribution is 4.21. The summed E-state index contributed by atoms with van der Waals surface area (Å²) >= 11 is 0. The van der Waals surface area contributed by atoms with Gasteiger partial charge in [0, 0.05) is 0 Å². The molecule has 0 saturated heterocycles. The first-order chi connectivity index (χ1) is 7.79. The highest BCUT2D eigenvalue weighted by Crippen LogP contribution is 1.81. The number of unbranched alkanes of at least 4 members (excludes halogenated alkanes) is 1. The van der Waals surface area contributed by atoms with E-state index >= 15 is 0 Å². The Labute approximate surface area is 115 Å².